The number of nitrogens with zero attached hydrogens (tertiary/aromatic N) is 2. The van der Waals surface area contributed by atoms with E-state index in [0.717, 1.165) is 0 Å². The molecular weight excluding hydrogens is 170 g/mol. The number of fused-ring (bicyclic) bond motifs is 1. The summed E-state index contributed by atoms with van der Waals surface area (Å²) in [5.41, 5.74) is 1.01. The third-order valence-corrected chi connectivity index (χ3v) is 1.88. The number of carbonyl (C=O) groups excluding carboxylic acids is 1. The highest BCUT2D eigenvalue weighted by molar-refractivity contribution is 5.76. The van der Waals surface area contributed by atoms with Crippen LogP contribution in [-0.2, 0) is 0 Å². The summed E-state index contributed by atoms with van der Waals surface area (Å²) in [6, 6.07) is 1.64. The minimum Gasteiger partial charge on any atom is -0.314 e. The molecule has 2 heterocycles. The standard InChI is InChI=1S/C8H7N3O2/c1-5-6(4-12)11-7(10-5)2-3-9-8(11)13/h2-4H,1H3,(H,9,13). The number of H-pyrrole nitrogens is 1. The molecule has 5 heteroatoms. The van der Waals surface area contributed by atoms with Gasteiger partial charge in [-0.1, -0.05) is 0 Å². The number of aromatic nitrogens is 3. The highest BCUT2D eigenvalue weighted by atomic mass is 16.1. The summed E-state index contributed by atoms with van der Waals surface area (Å²) in [6.45, 7) is 1.69. The van der Waals surface area contributed by atoms with Crippen LogP contribution in [0.4, 0.5) is 0 Å². The SMILES string of the molecule is Cc1nc2cc[nH]c(=O)n2c1C=O. The molecule has 0 fully saturated rings. The predicted molar refractivity (Wildman–Crippen MR) is 45.9 cm³/mol. The summed E-state index contributed by atoms with van der Waals surface area (Å²) >= 11 is 0. The Morgan fingerprint density at radius 3 is 3.08 bits per heavy atom. The number of aromatic amines is 1. The summed E-state index contributed by atoms with van der Waals surface area (Å²) in [7, 11) is 0. The molecule has 0 unspecified atom stereocenters. The first kappa shape index (κ1) is 7.72. The van der Waals surface area contributed by atoms with Gasteiger partial charge in [0.15, 0.2) is 6.29 Å². The van der Waals surface area contributed by atoms with Gasteiger partial charge < -0.3 is 4.98 Å². The Morgan fingerprint density at radius 2 is 2.38 bits per heavy atom. The Labute approximate surface area is 73.0 Å². The van der Waals surface area contributed by atoms with E-state index in [4.69, 9.17) is 0 Å². The number of carbonyl (C=O) groups is 1. The fraction of sp³-hybridized carbons (Fsp3) is 0.125. The largest absolute Gasteiger partial charge is 0.331 e. The highest BCUT2D eigenvalue weighted by Crippen LogP contribution is 2.05. The molecule has 13 heavy (non-hydrogen) atoms. The van der Waals surface area contributed by atoms with E-state index in [1.165, 1.54) is 10.6 Å². The molecule has 2 rings (SSSR count). The quantitative estimate of drug-likeness (QED) is 0.630. The topological polar surface area (TPSA) is 67.2 Å². The predicted octanol–water partition coefficient (Wildman–Crippen LogP) is 0.144. The fourth-order valence-corrected chi connectivity index (χ4v) is 1.28. The third kappa shape index (κ3) is 0.970. The zero-order chi connectivity index (χ0) is 9.42. The number of hydrogen-bond acceptors (Lipinski definition) is 3. The van der Waals surface area contributed by atoms with Crippen LogP contribution in [0, 0.1) is 6.92 Å². The number of aryl methyl sites for hydroxylation is 1. The van der Waals surface area contributed by atoms with E-state index in [0.29, 0.717) is 23.3 Å². The van der Waals surface area contributed by atoms with Gasteiger partial charge in [-0.25, -0.2) is 14.2 Å². The lowest BCUT2D eigenvalue weighted by atomic mass is 10.4. The third-order valence-electron chi connectivity index (χ3n) is 1.88. The van der Waals surface area contributed by atoms with E-state index >= 15 is 0 Å². The van der Waals surface area contributed by atoms with Crippen LogP contribution in [0.3, 0.4) is 0 Å². The van der Waals surface area contributed by atoms with Crippen molar-refractivity contribution in [3.05, 3.63) is 34.1 Å². The van der Waals surface area contributed by atoms with Gasteiger partial charge in [-0.15, -0.1) is 0 Å². The second kappa shape index (κ2) is 2.55. The van der Waals surface area contributed by atoms with Crippen LogP contribution in [0.2, 0.25) is 0 Å². The number of aldehydes is 1. The molecule has 0 amide bonds. The maximum atomic E-state index is 11.3. The van der Waals surface area contributed by atoms with Crippen molar-refractivity contribution in [1.82, 2.24) is 14.4 Å². The van der Waals surface area contributed by atoms with Crippen molar-refractivity contribution in [3.8, 4) is 0 Å². The molecular formula is C8H7N3O2. The molecule has 0 saturated heterocycles. The lowest BCUT2D eigenvalue weighted by Gasteiger charge is -1.91. The van der Waals surface area contributed by atoms with E-state index in [2.05, 4.69) is 9.97 Å². The summed E-state index contributed by atoms with van der Waals surface area (Å²) in [6.07, 6.45) is 2.13. The van der Waals surface area contributed by atoms with Crippen molar-refractivity contribution >= 4 is 11.9 Å². The van der Waals surface area contributed by atoms with Gasteiger partial charge in [0.05, 0.1) is 5.69 Å². The van der Waals surface area contributed by atoms with Gasteiger partial charge in [0.2, 0.25) is 0 Å². The van der Waals surface area contributed by atoms with Crippen molar-refractivity contribution in [2.24, 2.45) is 0 Å². The lowest BCUT2D eigenvalue weighted by molar-refractivity contribution is 0.111. The van der Waals surface area contributed by atoms with Crippen molar-refractivity contribution < 1.29 is 4.79 Å². The maximum Gasteiger partial charge on any atom is 0.331 e. The van der Waals surface area contributed by atoms with Gasteiger partial charge in [-0.2, -0.15) is 0 Å². The first-order chi connectivity index (χ1) is 6.24. The van der Waals surface area contributed by atoms with E-state index < -0.39 is 0 Å². The van der Waals surface area contributed by atoms with Crippen molar-refractivity contribution in [1.29, 1.82) is 0 Å². The molecule has 1 N–H and O–H groups in total. The van der Waals surface area contributed by atoms with Gasteiger partial charge >= 0.3 is 5.69 Å². The average molecular weight is 177 g/mol. The van der Waals surface area contributed by atoms with E-state index in [1.807, 2.05) is 0 Å². The summed E-state index contributed by atoms with van der Waals surface area (Å²) in [5.74, 6) is 0. The molecule has 0 spiro atoms. The Balaban J connectivity index is 3.05. The van der Waals surface area contributed by atoms with Gasteiger partial charge in [0, 0.05) is 6.20 Å². The minimum absolute atomic E-state index is 0.303. The fourth-order valence-electron chi connectivity index (χ4n) is 1.28. The van der Waals surface area contributed by atoms with Crippen LogP contribution in [0.1, 0.15) is 16.2 Å². The summed E-state index contributed by atoms with van der Waals surface area (Å²) < 4.78 is 1.25. The lowest BCUT2D eigenvalue weighted by Crippen LogP contribution is -2.17. The van der Waals surface area contributed by atoms with Crippen molar-refractivity contribution in [2.45, 2.75) is 6.92 Å². The molecule has 66 valence electrons. The summed E-state index contributed by atoms with van der Waals surface area (Å²) in [4.78, 5) is 28.4. The van der Waals surface area contributed by atoms with E-state index in [9.17, 15) is 9.59 Å². The van der Waals surface area contributed by atoms with Gasteiger partial charge in [0.25, 0.3) is 0 Å². The first-order valence-corrected chi connectivity index (χ1v) is 3.76. The smallest absolute Gasteiger partial charge is 0.314 e. The summed E-state index contributed by atoms with van der Waals surface area (Å²) in [5, 5.41) is 0. The highest BCUT2D eigenvalue weighted by Gasteiger charge is 2.08. The van der Waals surface area contributed by atoms with Crippen LogP contribution in [0.15, 0.2) is 17.1 Å². The number of hydrogen-bond donors (Lipinski definition) is 1. The Hall–Kier alpha value is -1.91. The van der Waals surface area contributed by atoms with Crippen LogP contribution < -0.4 is 5.69 Å². The first-order valence-electron chi connectivity index (χ1n) is 3.76. The molecule has 2 aromatic rings. The van der Waals surface area contributed by atoms with Gasteiger partial charge in [0.1, 0.15) is 11.3 Å². The van der Waals surface area contributed by atoms with Crippen LogP contribution in [-0.4, -0.2) is 20.7 Å². The molecule has 0 radical (unpaired) electrons. The molecule has 0 aromatic carbocycles. The second-order valence-electron chi connectivity index (χ2n) is 2.68. The average Bonchev–Trinajstić information content (AvgIpc) is 2.42. The normalized spacial score (nSPS) is 10.5. The zero-order valence-electron chi connectivity index (χ0n) is 6.94. The molecule has 0 atom stereocenters. The Morgan fingerprint density at radius 1 is 1.62 bits per heavy atom. The second-order valence-corrected chi connectivity index (χ2v) is 2.68. The minimum atomic E-state index is -0.347. The monoisotopic (exact) mass is 177 g/mol. The van der Waals surface area contributed by atoms with Crippen LogP contribution in [0.5, 0.6) is 0 Å². The van der Waals surface area contributed by atoms with Gasteiger partial charge in [-0.3, -0.25) is 4.79 Å². The van der Waals surface area contributed by atoms with Crippen molar-refractivity contribution in [3.63, 3.8) is 0 Å². The van der Waals surface area contributed by atoms with Crippen molar-refractivity contribution in [2.75, 3.05) is 0 Å². The molecule has 0 aliphatic heterocycles. The van der Waals surface area contributed by atoms with E-state index in [-0.39, 0.29) is 5.69 Å². The number of nitrogens with one attached hydrogen (secondary N) is 1. The Kier molecular flexibility index (Phi) is 1.51. The zero-order valence-corrected chi connectivity index (χ0v) is 6.94. The molecule has 5 nitrogen and oxygen atoms in total. The Bertz CT molecular complexity index is 524. The maximum absolute atomic E-state index is 11.3. The number of imidazole rings is 1. The molecule has 0 aliphatic rings. The van der Waals surface area contributed by atoms with E-state index in [1.54, 1.807) is 13.0 Å². The number of rotatable bonds is 1. The van der Waals surface area contributed by atoms with Gasteiger partial charge in [-0.05, 0) is 13.0 Å². The van der Waals surface area contributed by atoms with Crippen LogP contribution in [0.25, 0.3) is 5.65 Å². The molecule has 0 saturated carbocycles. The molecule has 0 bridgehead atoms. The molecule has 2 aromatic heterocycles. The molecule has 0 aliphatic carbocycles. The van der Waals surface area contributed by atoms with Crippen LogP contribution >= 0.6 is 0 Å².